The fourth-order valence-corrected chi connectivity index (χ4v) is 1.85. The first-order valence-electron chi connectivity index (χ1n) is 2.60. The van der Waals surface area contributed by atoms with Crippen molar-refractivity contribution in [3.8, 4) is 0 Å². The molecule has 0 saturated heterocycles. The Morgan fingerprint density at radius 3 is 2.70 bits per heavy atom. The molecule has 4 heteroatoms. The van der Waals surface area contributed by atoms with Gasteiger partial charge in [0.1, 0.15) is 5.15 Å². The predicted molar refractivity (Wildman–Crippen MR) is 46.5 cm³/mol. The zero-order chi connectivity index (χ0) is 7.56. The highest BCUT2D eigenvalue weighted by Gasteiger charge is 2.02. The highest BCUT2D eigenvalue weighted by molar-refractivity contribution is 9.10. The van der Waals surface area contributed by atoms with Crippen LogP contribution in [0.25, 0.3) is 0 Å². The minimum absolute atomic E-state index is 0.382. The maximum absolute atomic E-state index is 5.70. The van der Waals surface area contributed by atoms with Crippen LogP contribution < -0.4 is 0 Å². The van der Waals surface area contributed by atoms with E-state index in [2.05, 4.69) is 20.9 Å². The molecule has 1 aromatic heterocycles. The Morgan fingerprint density at radius 1 is 1.60 bits per heavy atom. The van der Waals surface area contributed by atoms with E-state index in [1.165, 1.54) is 0 Å². The van der Waals surface area contributed by atoms with Gasteiger partial charge in [0.05, 0.1) is 5.88 Å². The molecule has 0 N–H and O–H groups in total. The molecular formula is C6H4BrCl2N. The maximum atomic E-state index is 5.70. The van der Waals surface area contributed by atoms with Crippen LogP contribution in [0, 0.1) is 0 Å². The van der Waals surface area contributed by atoms with Gasteiger partial charge in [0.25, 0.3) is 0 Å². The van der Waals surface area contributed by atoms with E-state index in [0.29, 0.717) is 11.0 Å². The lowest BCUT2D eigenvalue weighted by Gasteiger charge is -1.99. The molecule has 0 aliphatic carbocycles. The molecule has 1 heterocycles. The first kappa shape index (κ1) is 8.31. The summed E-state index contributed by atoms with van der Waals surface area (Å²) in [6.07, 6.45) is 1.63. The third-order valence-electron chi connectivity index (χ3n) is 1.08. The van der Waals surface area contributed by atoms with Crippen LogP contribution in [0.5, 0.6) is 0 Å². The Hall–Kier alpha value is 0.210. The zero-order valence-corrected chi connectivity index (χ0v) is 8.04. The highest BCUT2D eigenvalue weighted by Crippen LogP contribution is 2.23. The predicted octanol–water partition coefficient (Wildman–Crippen LogP) is 3.24. The van der Waals surface area contributed by atoms with E-state index in [4.69, 9.17) is 23.2 Å². The normalized spacial score (nSPS) is 9.90. The van der Waals surface area contributed by atoms with Gasteiger partial charge in [-0.15, -0.1) is 11.6 Å². The Morgan fingerprint density at radius 2 is 2.30 bits per heavy atom. The summed E-state index contributed by atoms with van der Waals surface area (Å²) in [5.41, 5.74) is 0.839. The van der Waals surface area contributed by atoms with Crippen LogP contribution in [0.15, 0.2) is 16.7 Å². The number of alkyl halides is 1. The monoisotopic (exact) mass is 239 g/mol. The number of nitrogens with zero attached hydrogens (tertiary/aromatic N) is 1. The van der Waals surface area contributed by atoms with Gasteiger partial charge in [-0.05, 0) is 6.07 Å². The molecule has 0 aliphatic heterocycles. The van der Waals surface area contributed by atoms with Crippen molar-refractivity contribution in [1.29, 1.82) is 0 Å². The van der Waals surface area contributed by atoms with E-state index in [1.54, 1.807) is 6.20 Å². The van der Waals surface area contributed by atoms with Gasteiger partial charge in [-0.25, -0.2) is 4.98 Å². The molecule has 0 aliphatic rings. The van der Waals surface area contributed by atoms with Crippen LogP contribution in [-0.2, 0) is 5.88 Å². The molecular weight excluding hydrogens is 237 g/mol. The topological polar surface area (TPSA) is 12.9 Å². The quantitative estimate of drug-likeness (QED) is 0.543. The van der Waals surface area contributed by atoms with Crippen molar-refractivity contribution in [2.45, 2.75) is 5.88 Å². The van der Waals surface area contributed by atoms with Gasteiger partial charge < -0.3 is 0 Å². The molecule has 0 spiro atoms. The Bertz CT molecular complexity index is 219. The summed E-state index contributed by atoms with van der Waals surface area (Å²) in [5.74, 6) is 0.382. The molecule has 1 nitrogen and oxygen atoms in total. The summed E-state index contributed by atoms with van der Waals surface area (Å²) in [7, 11) is 0. The van der Waals surface area contributed by atoms with Crippen molar-refractivity contribution in [3.05, 3.63) is 27.5 Å². The fourth-order valence-electron chi connectivity index (χ4n) is 0.564. The Balaban J connectivity index is 3.17. The van der Waals surface area contributed by atoms with Gasteiger partial charge >= 0.3 is 0 Å². The lowest BCUT2D eigenvalue weighted by molar-refractivity contribution is 1.23. The van der Waals surface area contributed by atoms with Crippen molar-refractivity contribution < 1.29 is 0 Å². The van der Waals surface area contributed by atoms with E-state index in [9.17, 15) is 0 Å². The summed E-state index contributed by atoms with van der Waals surface area (Å²) in [5, 5.41) is 0.462. The van der Waals surface area contributed by atoms with Crippen molar-refractivity contribution >= 4 is 39.1 Å². The molecule has 54 valence electrons. The van der Waals surface area contributed by atoms with Gasteiger partial charge in [-0.1, -0.05) is 27.5 Å². The first-order valence-corrected chi connectivity index (χ1v) is 4.31. The SMILES string of the molecule is ClCc1c(Br)ccnc1Cl. The summed E-state index contributed by atoms with van der Waals surface area (Å²) in [6.45, 7) is 0. The minimum atomic E-state index is 0.382. The minimum Gasteiger partial charge on any atom is -0.244 e. The first-order chi connectivity index (χ1) is 4.75. The van der Waals surface area contributed by atoms with Crippen LogP contribution in [0.4, 0.5) is 0 Å². The van der Waals surface area contributed by atoms with Crippen LogP contribution in [0.1, 0.15) is 5.56 Å². The molecule has 1 rings (SSSR count). The van der Waals surface area contributed by atoms with Crippen LogP contribution in [-0.4, -0.2) is 4.98 Å². The van der Waals surface area contributed by atoms with Crippen molar-refractivity contribution in [2.24, 2.45) is 0 Å². The second kappa shape index (κ2) is 3.56. The van der Waals surface area contributed by atoms with Crippen molar-refractivity contribution in [2.75, 3.05) is 0 Å². The number of hydrogen-bond acceptors (Lipinski definition) is 1. The molecule has 0 fully saturated rings. The lowest BCUT2D eigenvalue weighted by Crippen LogP contribution is -1.84. The largest absolute Gasteiger partial charge is 0.244 e. The zero-order valence-electron chi connectivity index (χ0n) is 4.94. The van der Waals surface area contributed by atoms with Gasteiger partial charge in [0.15, 0.2) is 0 Å². The highest BCUT2D eigenvalue weighted by atomic mass is 79.9. The van der Waals surface area contributed by atoms with Gasteiger partial charge in [-0.2, -0.15) is 0 Å². The summed E-state index contributed by atoms with van der Waals surface area (Å²) >= 11 is 14.6. The fraction of sp³-hybridized carbons (Fsp3) is 0.167. The summed E-state index contributed by atoms with van der Waals surface area (Å²) < 4.78 is 0.905. The van der Waals surface area contributed by atoms with Crippen molar-refractivity contribution in [3.63, 3.8) is 0 Å². The molecule has 0 atom stereocenters. The van der Waals surface area contributed by atoms with E-state index in [-0.39, 0.29) is 0 Å². The third-order valence-corrected chi connectivity index (χ3v) is 2.42. The Labute approximate surface area is 77.5 Å². The van der Waals surface area contributed by atoms with Gasteiger partial charge in [-0.3, -0.25) is 0 Å². The molecule has 0 bridgehead atoms. The van der Waals surface area contributed by atoms with E-state index in [1.807, 2.05) is 6.07 Å². The molecule has 1 aromatic rings. The molecule has 0 amide bonds. The van der Waals surface area contributed by atoms with E-state index < -0.39 is 0 Å². The van der Waals surface area contributed by atoms with Gasteiger partial charge in [0, 0.05) is 16.2 Å². The lowest BCUT2D eigenvalue weighted by atomic mass is 10.3. The average molecular weight is 241 g/mol. The second-order valence-electron chi connectivity index (χ2n) is 1.70. The van der Waals surface area contributed by atoms with Crippen LogP contribution in [0.3, 0.4) is 0 Å². The van der Waals surface area contributed by atoms with Crippen molar-refractivity contribution in [1.82, 2.24) is 4.98 Å². The smallest absolute Gasteiger partial charge is 0.134 e. The Kier molecular flexibility index (Phi) is 2.96. The van der Waals surface area contributed by atoms with E-state index >= 15 is 0 Å². The maximum Gasteiger partial charge on any atom is 0.134 e. The summed E-state index contributed by atoms with van der Waals surface area (Å²) in [6, 6.07) is 1.81. The number of aromatic nitrogens is 1. The van der Waals surface area contributed by atoms with Gasteiger partial charge in [0.2, 0.25) is 0 Å². The number of pyridine rings is 1. The molecule has 0 radical (unpaired) electrons. The third kappa shape index (κ3) is 1.62. The van der Waals surface area contributed by atoms with E-state index in [0.717, 1.165) is 10.0 Å². The number of hydrogen-bond donors (Lipinski definition) is 0. The molecule has 0 aromatic carbocycles. The van der Waals surface area contributed by atoms with Crippen LogP contribution >= 0.6 is 39.1 Å². The standard InChI is InChI=1S/C6H4BrCl2N/c7-5-1-2-10-6(9)4(5)3-8/h1-2H,3H2. The average Bonchev–Trinajstić information content (AvgIpc) is 1.88. The summed E-state index contributed by atoms with van der Waals surface area (Å²) in [4.78, 5) is 3.86. The second-order valence-corrected chi connectivity index (χ2v) is 3.18. The number of halogens is 3. The van der Waals surface area contributed by atoms with Crippen LogP contribution in [0.2, 0.25) is 5.15 Å². The molecule has 0 unspecified atom stereocenters. The molecule has 0 saturated carbocycles. The molecule has 10 heavy (non-hydrogen) atoms. The number of rotatable bonds is 1.